The highest BCUT2D eigenvalue weighted by molar-refractivity contribution is 7.15. The minimum Gasteiger partial charge on any atom is -0.494 e. The lowest BCUT2D eigenvalue weighted by Gasteiger charge is -2.03. The number of hydrogen-bond donors (Lipinski definition) is 1. The molecule has 8 heteroatoms. The number of halogens is 2. The molecule has 1 heterocycles. The molecule has 0 radical (unpaired) electrons. The molecule has 0 spiro atoms. The Balaban J connectivity index is 1.68. The summed E-state index contributed by atoms with van der Waals surface area (Å²) >= 11 is 13.5. The molecule has 0 atom stereocenters. The van der Waals surface area contributed by atoms with Crippen LogP contribution < -0.4 is 10.1 Å². The normalized spacial score (nSPS) is 11.1. The smallest absolute Gasteiger partial charge is 0.268 e. The van der Waals surface area contributed by atoms with Gasteiger partial charge in [-0.25, -0.2) is 4.98 Å². The summed E-state index contributed by atoms with van der Waals surface area (Å²) in [5, 5.41) is 13.6. The number of carbonyl (C=O) groups excluding carboxylic acids is 1. The molecule has 152 valence electrons. The van der Waals surface area contributed by atoms with Crippen molar-refractivity contribution in [1.29, 1.82) is 5.26 Å². The van der Waals surface area contributed by atoms with E-state index < -0.39 is 5.91 Å². The van der Waals surface area contributed by atoms with Crippen LogP contribution in [0.4, 0.5) is 5.13 Å². The second-order valence-corrected chi connectivity index (χ2v) is 8.13. The van der Waals surface area contributed by atoms with Gasteiger partial charge in [0.1, 0.15) is 17.4 Å². The largest absolute Gasteiger partial charge is 0.494 e. The lowest BCUT2D eigenvalue weighted by molar-refractivity contribution is -0.112. The van der Waals surface area contributed by atoms with Crippen LogP contribution >= 0.6 is 34.5 Å². The fraction of sp³-hybridized carbons (Fsp3) is 0.136. The van der Waals surface area contributed by atoms with Crippen LogP contribution in [0, 0.1) is 11.3 Å². The zero-order valence-electron chi connectivity index (χ0n) is 16.0. The standard InChI is InChI=1S/C22H17Cl2N3O2S/c1-2-29-18-7-3-14(4-8-18)9-16(12-25)21(28)27-22-26-13-19(30-22)10-15-5-6-17(23)11-20(15)24/h3-9,11,13H,2,10H2,1H3,(H,26,27,28)/b16-9+. The van der Waals surface area contributed by atoms with Crippen molar-refractivity contribution in [2.45, 2.75) is 13.3 Å². The number of nitrogens with one attached hydrogen (secondary N) is 1. The number of carbonyl (C=O) groups is 1. The van der Waals surface area contributed by atoms with E-state index in [0.717, 1.165) is 21.8 Å². The number of nitrogens with zero attached hydrogens (tertiary/aromatic N) is 2. The van der Waals surface area contributed by atoms with E-state index in [1.807, 2.05) is 19.1 Å². The molecule has 0 aliphatic carbocycles. The summed E-state index contributed by atoms with van der Waals surface area (Å²) in [6, 6.07) is 14.4. The molecule has 2 aromatic carbocycles. The van der Waals surface area contributed by atoms with Crippen molar-refractivity contribution < 1.29 is 9.53 Å². The number of rotatable bonds is 7. The first kappa shape index (κ1) is 21.8. The maximum atomic E-state index is 12.5. The lowest BCUT2D eigenvalue weighted by atomic mass is 10.1. The molecule has 0 bridgehead atoms. The first-order valence-electron chi connectivity index (χ1n) is 9.03. The molecule has 5 nitrogen and oxygen atoms in total. The topological polar surface area (TPSA) is 75.0 Å². The minimum atomic E-state index is -0.517. The molecule has 3 rings (SSSR count). The Kier molecular flexibility index (Phi) is 7.47. The van der Waals surface area contributed by atoms with Crippen molar-refractivity contribution in [2.24, 2.45) is 0 Å². The van der Waals surface area contributed by atoms with Gasteiger partial charge < -0.3 is 4.74 Å². The molecule has 1 amide bonds. The zero-order chi connectivity index (χ0) is 21.5. The van der Waals surface area contributed by atoms with E-state index in [2.05, 4.69) is 10.3 Å². The summed E-state index contributed by atoms with van der Waals surface area (Å²) in [6.07, 6.45) is 3.76. The van der Waals surface area contributed by atoms with Crippen molar-refractivity contribution in [2.75, 3.05) is 11.9 Å². The molecule has 0 saturated carbocycles. The van der Waals surface area contributed by atoms with Gasteiger partial charge in [-0.2, -0.15) is 5.26 Å². The molecule has 0 saturated heterocycles. The zero-order valence-corrected chi connectivity index (χ0v) is 18.3. The third kappa shape index (κ3) is 5.83. The van der Waals surface area contributed by atoms with E-state index in [1.54, 1.807) is 42.6 Å². The maximum absolute atomic E-state index is 12.5. The van der Waals surface area contributed by atoms with Gasteiger partial charge in [0, 0.05) is 27.5 Å². The molecule has 3 aromatic rings. The Morgan fingerprint density at radius 1 is 1.27 bits per heavy atom. The van der Waals surface area contributed by atoms with Crippen LogP contribution in [0.15, 0.2) is 54.2 Å². The number of amides is 1. The number of benzene rings is 2. The molecular formula is C22H17Cl2N3O2S. The Labute approximate surface area is 188 Å². The van der Waals surface area contributed by atoms with Gasteiger partial charge in [0.2, 0.25) is 0 Å². The quantitative estimate of drug-likeness (QED) is 0.349. The number of hydrogen-bond acceptors (Lipinski definition) is 5. The second kappa shape index (κ2) is 10.3. The van der Waals surface area contributed by atoms with Crippen molar-refractivity contribution in [1.82, 2.24) is 4.98 Å². The molecule has 0 aliphatic heterocycles. The molecule has 0 aliphatic rings. The van der Waals surface area contributed by atoms with Gasteiger partial charge in [0.05, 0.1) is 6.61 Å². The van der Waals surface area contributed by atoms with E-state index in [9.17, 15) is 10.1 Å². The Morgan fingerprint density at radius 2 is 2.03 bits per heavy atom. The molecule has 1 aromatic heterocycles. The molecule has 0 unspecified atom stereocenters. The van der Waals surface area contributed by atoms with E-state index in [0.29, 0.717) is 28.2 Å². The van der Waals surface area contributed by atoms with Crippen molar-refractivity contribution in [3.63, 3.8) is 0 Å². The lowest BCUT2D eigenvalue weighted by Crippen LogP contribution is -2.13. The first-order chi connectivity index (χ1) is 14.5. The summed E-state index contributed by atoms with van der Waals surface area (Å²) < 4.78 is 5.39. The van der Waals surface area contributed by atoms with Gasteiger partial charge in [-0.05, 0) is 48.4 Å². The Hall–Kier alpha value is -2.85. The third-order valence-corrected chi connectivity index (χ3v) is 5.52. The van der Waals surface area contributed by atoms with Crippen LogP contribution in [-0.2, 0) is 11.2 Å². The minimum absolute atomic E-state index is 0.0170. The van der Waals surface area contributed by atoms with Crippen molar-refractivity contribution in [3.05, 3.63) is 80.3 Å². The molecular weight excluding hydrogens is 441 g/mol. The van der Waals surface area contributed by atoms with E-state index >= 15 is 0 Å². The summed E-state index contributed by atoms with van der Waals surface area (Å²) in [5.41, 5.74) is 1.62. The van der Waals surface area contributed by atoms with Crippen LogP contribution in [0.25, 0.3) is 6.08 Å². The highest BCUT2D eigenvalue weighted by atomic mass is 35.5. The monoisotopic (exact) mass is 457 g/mol. The van der Waals surface area contributed by atoms with Gasteiger partial charge in [-0.1, -0.05) is 41.4 Å². The van der Waals surface area contributed by atoms with Crippen LogP contribution in [0.1, 0.15) is 22.9 Å². The third-order valence-electron chi connectivity index (χ3n) is 4.02. The van der Waals surface area contributed by atoms with Crippen LogP contribution in [0.3, 0.4) is 0 Å². The van der Waals surface area contributed by atoms with Gasteiger partial charge in [0.15, 0.2) is 5.13 Å². The van der Waals surface area contributed by atoms with Crippen LogP contribution in [0.2, 0.25) is 10.0 Å². The molecule has 30 heavy (non-hydrogen) atoms. The predicted octanol–water partition coefficient (Wildman–Crippen LogP) is 5.99. The maximum Gasteiger partial charge on any atom is 0.268 e. The summed E-state index contributed by atoms with van der Waals surface area (Å²) in [4.78, 5) is 17.6. The van der Waals surface area contributed by atoms with Crippen molar-refractivity contribution >= 4 is 51.7 Å². The van der Waals surface area contributed by atoms with Gasteiger partial charge in [0.25, 0.3) is 5.91 Å². The fourth-order valence-corrected chi connectivity index (χ4v) is 3.91. The predicted molar refractivity (Wildman–Crippen MR) is 121 cm³/mol. The highest BCUT2D eigenvalue weighted by Crippen LogP contribution is 2.27. The number of nitriles is 1. The summed E-state index contributed by atoms with van der Waals surface area (Å²) in [5.74, 6) is 0.213. The Morgan fingerprint density at radius 3 is 2.70 bits per heavy atom. The van der Waals surface area contributed by atoms with Gasteiger partial charge in [-0.3, -0.25) is 10.1 Å². The summed E-state index contributed by atoms with van der Waals surface area (Å²) in [6.45, 7) is 2.47. The SMILES string of the molecule is CCOc1ccc(/C=C(\C#N)C(=O)Nc2ncc(Cc3ccc(Cl)cc3Cl)s2)cc1. The van der Waals surface area contributed by atoms with Gasteiger partial charge >= 0.3 is 0 Å². The average Bonchev–Trinajstić information content (AvgIpc) is 3.16. The highest BCUT2D eigenvalue weighted by Gasteiger charge is 2.13. The van der Waals surface area contributed by atoms with E-state index in [1.165, 1.54) is 17.4 Å². The number of aromatic nitrogens is 1. The number of thiazole rings is 1. The average molecular weight is 458 g/mol. The first-order valence-corrected chi connectivity index (χ1v) is 10.6. The fourth-order valence-electron chi connectivity index (χ4n) is 2.61. The van der Waals surface area contributed by atoms with Gasteiger partial charge in [-0.15, -0.1) is 11.3 Å². The second-order valence-electron chi connectivity index (χ2n) is 6.17. The number of ether oxygens (including phenoxy) is 1. The van der Waals surface area contributed by atoms with E-state index in [4.69, 9.17) is 27.9 Å². The van der Waals surface area contributed by atoms with E-state index in [-0.39, 0.29) is 5.57 Å². The summed E-state index contributed by atoms with van der Waals surface area (Å²) in [7, 11) is 0. The molecule has 1 N–H and O–H groups in total. The Bertz CT molecular complexity index is 1120. The van der Waals surface area contributed by atoms with Crippen LogP contribution in [0.5, 0.6) is 5.75 Å². The molecule has 0 fully saturated rings. The van der Waals surface area contributed by atoms with Crippen LogP contribution in [-0.4, -0.2) is 17.5 Å². The van der Waals surface area contributed by atoms with Crippen molar-refractivity contribution in [3.8, 4) is 11.8 Å². The number of anilines is 1.